The van der Waals surface area contributed by atoms with E-state index in [4.69, 9.17) is 14.2 Å². The smallest absolute Gasteiger partial charge is 0.251 e. The van der Waals surface area contributed by atoms with Crippen LogP contribution >= 0.6 is 0 Å². The first kappa shape index (κ1) is 18.6. The van der Waals surface area contributed by atoms with Crippen LogP contribution in [0.5, 0.6) is 17.2 Å². The largest absolute Gasteiger partial charge is 0.493 e. The van der Waals surface area contributed by atoms with Crippen LogP contribution in [-0.4, -0.2) is 38.7 Å². The molecule has 0 bridgehead atoms. The number of hydrogen-bond donors (Lipinski definition) is 2. The SMILES string of the molecule is COc1cc(C(=O)NCCC(=O)NCc2ccccc2)cc2c1OCCO2. The number of rotatable bonds is 7. The summed E-state index contributed by atoms with van der Waals surface area (Å²) in [5, 5.41) is 5.56. The molecule has 0 radical (unpaired) electrons. The number of carbonyl (C=O) groups is 2. The molecule has 27 heavy (non-hydrogen) atoms. The van der Waals surface area contributed by atoms with Gasteiger partial charge in [-0.1, -0.05) is 30.3 Å². The van der Waals surface area contributed by atoms with Gasteiger partial charge in [-0.05, 0) is 17.7 Å². The van der Waals surface area contributed by atoms with Gasteiger partial charge in [0.25, 0.3) is 5.91 Å². The highest BCUT2D eigenvalue weighted by atomic mass is 16.6. The first-order valence-electron chi connectivity index (χ1n) is 8.74. The Morgan fingerprint density at radius 1 is 1.07 bits per heavy atom. The summed E-state index contributed by atoms with van der Waals surface area (Å²) in [4.78, 5) is 24.3. The van der Waals surface area contributed by atoms with Crippen LogP contribution in [0.3, 0.4) is 0 Å². The zero-order valence-electron chi connectivity index (χ0n) is 15.1. The van der Waals surface area contributed by atoms with Crippen LogP contribution in [0, 0.1) is 0 Å². The summed E-state index contributed by atoms with van der Waals surface area (Å²) in [5.74, 6) is 0.991. The number of benzene rings is 2. The molecule has 0 aromatic heterocycles. The van der Waals surface area contributed by atoms with E-state index in [1.165, 1.54) is 7.11 Å². The molecule has 0 aliphatic carbocycles. The van der Waals surface area contributed by atoms with Crippen LogP contribution in [-0.2, 0) is 11.3 Å². The monoisotopic (exact) mass is 370 g/mol. The fraction of sp³-hybridized carbons (Fsp3) is 0.300. The van der Waals surface area contributed by atoms with Crippen molar-refractivity contribution < 1.29 is 23.8 Å². The van der Waals surface area contributed by atoms with Gasteiger partial charge in [-0.2, -0.15) is 0 Å². The molecule has 1 aliphatic rings. The van der Waals surface area contributed by atoms with Gasteiger partial charge < -0.3 is 24.8 Å². The minimum Gasteiger partial charge on any atom is -0.493 e. The van der Waals surface area contributed by atoms with E-state index in [1.807, 2.05) is 30.3 Å². The number of fused-ring (bicyclic) bond motifs is 1. The van der Waals surface area contributed by atoms with Crippen molar-refractivity contribution in [3.63, 3.8) is 0 Å². The Labute approximate surface area is 157 Å². The van der Waals surface area contributed by atoms with Crippen LogP contribution < -0.4 is 24.8 Å². The molecular weight excluding hydrogens is 348 g/mol. The second-order valence-corrected chi connectivity index (χ2v) is 5.97. The lowest BCUT2D eigenvalue weighted by molar-refractivity contribution is -0.121. The minimum absolute atomic E-state index is 0.126. The number of carbonyl (C=O) groups excluding carboxylic acids is 2. The highest BCUT2D eigenvalue weighted by Crippen LogP contribution is 2.40. The zero-order valence-corrected chi connectivity index (χ0v) is 15.1. The first-order valence-corrected chi connectivity index (χ1v) is 8.74. The lowest BCUT2D eigenvalue weighted by Crippen LogP contribution is -2.30. The zero-order chi connectivity index (χ0) is 19.1. The van der Waals surface area contributed by atoms with Gasteiger partial charge in [-0.3, -0.25) is 9.59 Å². The van der Waals surface area contributed by atoms with Crippen molar-refractivity contribution in [3.05, 3.63) is 53.6 Å². The van der Waals surface area contributed by atoms with Gasteiger partial charge >= 0.3 is 0 Å². The Morgan fingerprint density at radius 3 is 2.63 bits per heavy atom. The van der Waals surface area contributed by atoms with Crippen molar-refractivity contribution in [2.75, 3.05) is 26.9 Å². The average molecular weight is 370 g/mol. The topological polar surface area (TPSA) is 85.9 Å². The molecule has 3 rings (SSSR count). The van der Waals surface area contributed by atoms with Crippen molar-refractivity contribution in [1.29, 1.82) is 0 Å². The van der Waals surface area contributed by atoms with Crippen molar-refractivity contribution in [1.82, 2.24) is 10.6 Å². The van der Waals surface area contributed by atoms with Gasteiger partial charge in [0.15, 0.2) is 11.5 Å². The summed E-state index contributed by atoms with van der Waals surface area (Å²) >= 11 is 0. The van der Waals surface area contributed by atoms with Crippen molar-refractivity contribution in [2.45, 2.75) is 13.0 Å². The Kier molecular flexibility index (Phi) is 6.14. The maximum Gasteiger partial charge on any atom is 0.251 e. The predicted octanol–water partition coefficient (Wildman–Crippen LogP) is 1.90. The molecule has 0 saturated heterocycles. The summed E-state index contributed by atoms with van der Waals surface area (Å²) in [6.07, 6.45) is 0.195. The lowest BCUT2D eigenvalue weighted by Gasteiger charge is -2.21. The van der Waals surface area contributed by atoms with E-state index < -0.39 is 0 Å². The van der Waals surface area contributed by atoms with Gasteiger partial charge in [0, 0.05) is 25.1 Å². The third-order valence-electron chi connectivity index (χ3n) is 4.06. The maximum atomic E-state index is 12.4. The van der Waals surface area contributed by atoms with Gasteiger partial charge in [0.05, 0.1) is 7.11 Å². The molecule has 2 N–H and O–H groups in total. The van der Waals surface area contributed by atoms with E-state index in [2.05, 4.69) is 10.6 Å². The van der Waals surface area contributed by atoms with Gasteiger partial charge in [0.1, 0.15) is 13.2 Å². The summed E-state index contributed by atoms with van der Waals surface area (Å²) in [7, 11) is 1.51. The molecular formula is C20H22N2O5. The van der Waals surface area contributed by atoms with Gasteiger partial charge in [0.2, 0.25) is 11.7 Å². The second kappa shape index (κ2) is 8.93. The van der Waals surface area contributed by atoms with Gasteiger partial charge in [-0.15, -0.1) is 0 Å². The molecule has 0 spiro atoms. The molecule has 7 nitrogen and oxygen atoms in total. The van der Waals surface area contributed by atoms with E-state index in [-0.39, 0.29) is 24.8 Å². The summed E-state index contributed by atoms with van der Waals surface area (Å²) in [6.45, 7) is 1.55. The lowest BCUT2D eigenvalue weighted by atomic mass is 10.1. The van der Waals surface area contributed by atoms with E-state index in [0.717, 1.165) is 5.56 Å². The van der Waals surface area contributed by atoms with Crippen molar-refractivity contribution in [3.8, 4) is 17.2 Å². The third-order valence-corrected chi connectivity index (χ3v) is 4.06. The summed E-state index contributed by atoms with van der Waals surface area (Å²) < 4.78 is 16.3. The molecule has 0 saturated carbocycles. The molecule has 7 heteroatoms. The molecule has 1 heterocycles. The number of hydrogen-bond acceptors (Lipinski definition) is 5. The molecule has 0 fully saturated rings. The highest BCUT2D eigenvalue weighted by molar-refractivity contribution is 5.95. The van der Waals surface area contributed by atoms with E-state index in [9.17, 15) is 9.59 Å². The Bertz CT molecular complexity index is 790. The summed E-state index contributed by atoms with van der Waals surface area (Å²) in [6, 6.07) is 12.9. The van der Waals surface area contributed by atoms with Gasteiger partial charge in [-0.25, -0.2) is 0 Å². The normalized spacial score (nSPS) is 12.2. The third kappa shape index (κ3) is 4.91. The Morgan fingerprint density at radius 2 is 1.85 bits per heavy atom. The maximum absolute atomic E-state index is 12.4. The standard InChI is InChI=1S/C20H22N2O5/c1-25-16-11-15(12-17-19(16)27-10-9-26-17)20(24)21-8-7-18(23)22-13-14-5-3-2-4-6-14/h2-6,11-12H,7-10,13H2,1H3,(H,21,24)(H,22,23). The van der Waals surface area contributed by atoms with Crippen LogP contribution in [0.25, 0.3) is 0 Å². The average Bonchev–Trinajstić information content (AvgIpc) is 2.72. The highest BCUT2D eigenvalue weighted by Gasteiger charge is 2.20. The summed E-state index contributed by atoms with van der Waals surface area (Å²) in [5.41, 5.74) is 1.42. The first-order chi connectivity index (χ1) is 13.2. The molecule has 0 atom stereocenters. The van der Waals surface area contributed by atoms with E-state index >= 15 is 0 Å². The van der Waals surface area contributed by atoms with Crippen LogP contribution in [0.4, 0.5) is 0 Å². The molecule has 2 amide bonds. The van der Waals surface area contributed by atoms with Crippen LogP contribution in [0.1, 0.15) is 22.3 Å². The molecule has 0 unspecified atom stereocenters. The fourth-order valence-electron chi connectivity index (χ4n) is 2.68. The number of nitrogens with one attached hydrogen (secondary N) is 2. The van der Waals surface area contributed by atoms with Crippen molar-refractivity contribution >= 4 is 11.8 Å². The quantitative estimate of drug-likeness (QED) is 0.778. The Balaban J connectivity index is 1.50. The number of amides is 2. The number of ether oxygens (including phenoxy) is 3. The minimum atomic E-state index is -0.305. The van der Waals surface area contributed by atoms with Crippen LogP contribution in [0.2, 0.25) is 0 Å². The Hall–Kier alpha value is -3.22. The predicted molar refractivity (Wildman–Crippen MR) is 99.2 cm³/mol. The molecule has 2 aromatic rings. The van der Waals surface area contributed by atoms with Crippen molar-refractivity contribution in [2.24, 2.45) is 0 Å². The van der Waals surface area contributed by atoms with E-state index in [0.29, 0.717) is 42.6 Å². The van der Waals surface area contributed by atoms with E-state index in [1.54, 1.807) is 12.1 Å². The molecule has 142 valence electrons. The molecule has 1 aliphatic heterocycles. The van der Waals surface area contributed by atoms with Crippen LogP contribution in [0.15, 0.2) is 42.5 Å². The second-order valence-electron chi connectivity index (χ2n) is 5.97. The fourth-order valence-corrected chi connectivity index (χ4v) is 2.68. The molecule has 2 aromatic carbocycles. The number of methoxy groups -OCH3 is 1.